The molecule has 0 aromatic heterocycles. The molecule has 4 heteroatoms. The van der Waals surface area contributed by atoms with E-state index >= 15 is 0 Å². The molecule has 0 aliphatic rings. The van der Waals surface area contributed by atoms with Crippen molar-refractivity contribution in [1.82, 2.24) is 0 Å². The van der Waals surface area contributed by atoms with Crippen LogP contribution in [0.1, 0.15) is 92.8 Å². The van der Waals surface area contributed by atoms with Crippen molar-refractivity contribution in [2.24, 2.45) is 5.41 Å². The van der Waals surface area contributed by atoms with Crippen LogP contribution in [-0.2, 0) is 24.0 Å². The van der Waals surface area contributed by atoms with E-state index in [1.165, 1.54) is 0 Å². The van der Waals surface area contributed by atoms with Crippen LogP contribution in [0, 0.1) is 5.41 Å². The number of carbonyl (C=O) groups excluding carboxylic acids is 1. The molecule has 0 fully saturated rings. The molecule has 0 unspecified atom stereocenters. The van der Waals surface area contributed by atoms with E-state index in [-0.39, 0.29) is 16.5 Å². The summed E-state index contributed by atoms with van der Waals surface area (Å²) in [5, 5.41) is 9.87. The number of rotatable bonds is 5. The van der Waals surface area contributed by atoms with Crippen molar-refractivity contribution in [3.63, 3.8) is 0 Å². The van der Waals surface area contributed by atoms with Crippen LogP contribution in [0.5, 0.6) is 0 Å². The molecule has 0 atom stereocenters. The zero-order chi connectivity index (χ0) is 19.6. The van der Waals surface area contributed by atoms with Crippen LogP contribution in [0.25, 0.3) is 0 Å². The Morgan fingerprint density at radius 1 is 1.00 bits per heavy atom. The third-order valence-electron chi connectivity index (χ3n) is 3.92. The first kappa shape index (κ1) is 21.2. The van der Waals surface area contributed by atoms with Gasteiger partial charge >= 0.3 is 11.9 Å². The summed E-state index contributed by atoms with van der Waals surface area (Å²) in [4.78, 5) is 24.7. The molecule has 140 valence electrons. The number of hydrogen-bond acceptors (Lipinski definition) is 3. The lowest BCUT2D eigenvalue weighted by molar-refractivity contribution is 0.00654. The highest BCUT2D eigenvalue weighted by Crippen LogP contribution is 2.32. The Morgan fingerprint density at radius 3 is 1.92 bits per heavy atom. The fourth-order valence-electron chi connectivity index (χ4n) is 3.06. The summed E-state index contributed by atoms with van der Waals surface area (Å²) >= 11 is 0. The Bertz CT molecular complexity index is 658. The molecule has 4 nitrogen and oxygen atoms in total. The summed E-state index contributed by atoms with van der Waals surface area (Å²) in [5.41, 5.74) is 2.32. The Hall–Kier alpha value is -1.84. The third kappa shape index (κ3) is 5.58. The van der Waals surface area contributed by atoms with Gasteiger partial charge in [0.1, 0.15) is 5.60 Å². The van der Waals surface area contributed by atoms with Gasteiger partial charge in [-0.3, -0.25) is 0 Å². The van der Waals surface area contributed by atoms with Crippen molar-refractivity contribution in [2.45, 2.75) is 80.3 Å². The molecule has 0 radical (unpaired) electrons. The molecule has 1 N–H and O–H groups in total. The van der Waals surface area contributed by atoms with Crippen LogP contribution < -0.4 is 0 Å². The summed E-state index contributed by atoms with van der Waals surface area (Å²) in [7, 11) is 0. The van der Waals surface area contributed by atoms with Gasteiger partial charge in [0.25, 0.3) is 0 Å². The number of esters is 1. The highest BCUT2D eigenvalue weighted by molar-refractivity contribution is 6.04. The van der Waals surface area contributed by atoms with Crippen molar-refractivity contribution >= 4 is 11.9 Å². The topological polar surface area (TPSA) is 63.6 Å². The molecule has 1 aromatic rings. The second kappa shape index (κ2) is 7.59. The van der Waals surface area contributed by atoms with E-state index in [2.05, 4.69) is 20.8 Å². The molecule has 0 amide bonds. The number of ether oxygens (including phenoxy) is 1. The van der Waals surface area contributed by atoms with Gasteiger partial charge in [0, 0.05) is 0 Å². The largest absolute Gasteiger partial charge is 0.478 e. The Balaban J connectivity index is 3.74. The van der Waals surface area contributed by atoms with Crippen LogP contribution in [0.3, 0.4) is 0 Å². The lowest BCUT2D eigenvalue weighted by Gasteiger charge is -2.26. The molecule has 0 aliphatic heterocycles. The highest BCUT2D eigenvalue weighted by atomic mass is 16.6. The fourth-order valence-corrected chi connectivity index (χ4v) is 3.06. The van der Waals surface area contributed by atoms with Crippen molar-refractivity contribution in [2.75, 3.05) is 0 Å². The maximum absolute atomic E-state index is 12.7. The van der Waals surface area contributed by atoms with Crippen LogP contribution >= 0.6 is 0 Å². The van der Waals surface area contributed by atoms with E-state index < -0.39 is 17.5 Å². The SMILES string of the molecule is CCc1cc(C(=O)OC(C)(C)C)c(C(=O)O)c(CC(C)(C)C)c1CC. The molecule has 0 saturated heterocycles. The first-order valence-electron chi connectivity index (χ1n) is 8.95. The van der Waals surface area contributed by atoms with Crippen LogP contribution in [0.15, 0.2) is 6.07 Å². The molecule has 1 aromatic carbocycles. The minimum Gasteiger partial charge on any atom is -0.478 e. The monoisotopic (exact) mass is 348 g/mol. The Labute approximate surface area is 151 Å². The summed E-state index contributed by atoms with van der Waals surface area (Å²) < 4.78 is 5.47. The van der Waals surface area contributed by atoms with Gasteiger partial charge < -0.3 is 9.84 Å². The first-order valence-corrected chi connectivity index (χ1v) is 8.95. The summed E-state index contributed by atoms with van der Waals surface area (Å²) in [6, 6.07) is 1.71. The number of carboxylic acids is 1. The van der Waals surface area contributed by atoms with Crippen LogP contribution in [0.4, 0.5) is 0 Å². The van der Waals surface area contributed by atoms with Crippen molar-refractivity contribution in [3.05, 3.63) is 33.9 Å². The van der Waals surface area contributed by atoms with Crippen molar-refractivity contribution < 1.29 is 19.4 Å². The normalized spacial score (nSPS) is 12.2. The van der Waals surface area contributed by atoms with E-state index in [1.807, 2.05) is 13.8 Å². The number of benzene rings is 1. The average Bonchev–Trinajstić information content (AvgIpc) is 2.41. The lowest BCUT2D eigenvalue weighted by Crippen LogP contribution is -2.27. The number of carboxylic acid groups (broad SMARTS) is 1. The maximum Gasteiger partial charge on any atom is 0.339 e. The zero-order valence-electron chi connectivity index (χ0n) is 16.9. The number of aromatic carboxylic acids is 1. The third-order valence-corrected chi connectivity index (χ3v) is 3.92. The average molecular weight is 348 g/mol. The van der Waals surface area contributed by atoms with Gasteiger partial charge in [0.15, 0.2) is 0 Å². The van der Waals surface area contributed by atoms with Gasteiger partial charge in [-0.15, -0.1) is 0 Å². The van der Waals surface area contributed by atoms with Gasteiger partial charge in [-0.2, -0.15) is 0 Å². The summed E-state index contributed by atoms with van der Waals surface area (Å²) in [6.07, 6.45) is 2.08. The lowest BCUT2D eigenvalue weighted by atomic mass is 9.80. The van der Waals surface area contributed by atoms with E-state index in [0.29, 0.717) is 6.42 Å². The van der Waals surface area contributed by atoms with E-state index in [0.717, 1.165) is 29.5 Å². The van der Waals surface area contributed by atoms with E-state index in [4.69, 9.17) is 4.74 Å². The van der Waals surface area contributed by atoms with Crippen molar-refractivity contribution in [1.29, 1.82) is 0 Å². The van der Waals surface area contributed by atoms with Crippen molar-refractivity contribution in [3.8, 4) is 0 Å². The maximum atomic E-state index is 12.7. The molecule has 0 heterocycles. The van der Waals surface area contributed by atoms with E-state index in [9.17, 15) is 14.7 Å². The van der Waals surface area contributed by atoms with Gasteiger partial charge in [-0.1, -0.05) is 34.6 Å². The van der Waals surface area contributed by atoms with E-state index in [1.54, 1.807) is 26.8 Å². The molecule has 1 rings (SSSR count). The Kier molecular flexibility index (Phi) is 6.44. The van der Waals surface area contributed by atoms with Gasteiger partial charge in [0.2, 0.25) is 0 Å². The molecule has 0 aliphatic carbocycles. The second-order valence-electron chi connectivity index (χ2n) is 8.67. The predicted molar refractivity (Wildman–Crippen MR) is 100 cm³/mol. The smallest absolute Gasteiger partial charge is 0.339 e. The van der Waals surface area contributed by atoms with Gasteiger partial charge in [-0.05, 0) is 68.2 Å². The zero-order valence-corrected chi connectivity index (χ0v) is 16.9. The Morgan fingerprint density at radius 2 is 1.56 bits per heavy atom. The second-order valence-corrected chi connectivity index (χ2v) is 8.67. The number of carbonyl (C=O) groups is 2. The van der Waals surface area contributed by atoms with Crippen LogP contribution in [-0.4, -0.2) is 22.6 Å². The highest BCUT2D eigenvalue weighted by Gasteiger charge is 2.29. The number of aryl methyl sites for hydroxylation is 1. The minimum absolute atomic E-state index is 0.0916. The summed E-state index contributed by atoms with van der Waals surface area (Å²) in [6.45, 7) is 15.6. The minimum atomic E-state index is -1.07. The fraction of sp³-hybridized carbons (Fsp3) is 0.619. The number of hydrogen-bond donors (Lipinski definition) is 1. The molecule has 0 spiro atoms. The van der Waals surface area contributed by atoms with Gasteiger partial charge in [0.05, 0.1) is 11.1 Å². The summed E-state index contributed by atoms with van der Waals surface area (Å²) in [5.74, 6) is -1.64. The van der Waals surface area contributed by atoms with Gasteiger partial charge in [-0.25, -0.2) is 9.59 Å². The standard InChI is InChI=1S/C21H32O4/c1-9-13-11-15(19(24)25-21(6,7)8)17(18(22)23)16(14(13)10-2)12-20(3,4)5/h11H,9-10,12H2,1-8H3,(H,22,23). The molecule has 0 bridgehead atoms. The van der Waals surface area contributed by atoms with Crippen LogP contribution in [0.2, 0.25) is 0 Å². The molecular formula is C21H32O4. The predicted octanol–water partition coefficient (Wildman–Crippen LogP) is 5.05. The first-order chi connectivity index (χ1) is 11.3. The quantitative estimate of drug-likeness (QED) is 0.756. The molecule has 25 heavy (non-hydrogen) atoms. The molecular weight excluding hydrogens is 316 g/mol. The molecule has 0 saturated carbocycles.